The van der Waals surface area contributed by atoms with Crippen molar-refractivity contribution in [3.8, 4) is 0 Å². The molecule has 1 rings (SSSR count). The third kappa shape index (κ3) is 3.56. The van der Waals surface area contributed by atoms with Crippen LogP contribution in [0.5, 0.6) is 0 Å². The summed E-state index contributed by atoms with van der Waals surface area (Å²) in [5.74, 6) is 1.09. The fraction of sp³-hybridized carbons (Fsp3) is 1.00. The summed E-state index contributed by atoms with van der Waals surface area (Å²) in [7, 11) is 0. The molecule has 0 bridgehead atoms. The van der Waals surface area contributed by atoms with Crippen LogP contribution in [0.3, 0.4) is 0 Å². The van der Waals surface area contributed by atoms with Gasteiger partial charge in [0, 0.05) is 19.2 Å². The Kier molecular flexibility index (Phi) is 4.85. The lowest BCUT2D eigenvalue weighted by Gasteiger charge is -2.33. The van der Waals surface area contributed by atoms with Gasteiger partial charge in [0.1, 0.15) is 0 Å². The normalized spacial score (nSPS) is 22.9. The Morgan fingerprint density at radius 3 is 2.36 bits per heavy atom. The molecular weight excluding hydrogens is 176 g/mol. The molecule has 3 nitrogen and oxygen atoms in total. The van der Waals surface area contributed by atoms with E-state index in [1.807, 2.05) is 0 Å². The number of nitrogens with zero attached hydrogens (tertiary/aromatic N) is 1. The molecule has 0 aliphatic carbocycles. The van der Waals surface area contributed by atoms with E-state index < -0.39 is 0 Å². The van der Waals surface area contributed by atoms with Gasteiger partial charge in [-0.3, -0.25) is 0 Å². The van der Waals surface area contributed by atoms with Gasteiger partial charge in [-0.1, -0.05) is 13.8 Å². The van der Waals surface area contributed by atoms with Gasteiger partial charge in [-0.25, -0.2) is 0 Å². The zero-order valence-corrected chi connectivity index (χ0v) is 9.45. The molecule has 1 aliphatic heterocycles. The lowest BCUT2D eigenvalue weighted by atomic mass is 9.96. The molecule has 3 heteroatoms. The molecule has 0 saturated carbocycles. The van der Waals surface area contributed by atoms with Crippen molar-refractivity contribution in [2.75, 3.05) is 26.2 Å². The van der Waals surface area contributed by atoms with Gasteiger partial charge in [0.05, 0.1) is 0 Å². The van der Waals surface area contributed by atoms with Crippen LogP contribution < -0.4 is 5.73 Å². The van der Waals surface area contributed by atoms with E-state index in [0.29, 0.717) is 24.5 Å². The Labute approximate surface area is 87.3 Å². The van der Waals surface area contributed by atoms with Crippen LogP contribution in [-0.4, -0.2) is 42.3 Å². The third-order valence-electron chi connectivity index (χ3n) is 3.29. The van der Waals surface area contributed by atoms with Crippen molar-refractivity contribution in [2.45, 2.75) is 32.7 Å². The van der Waals surface area contributed by atoms with Crippen LogP contribution in [0.4, 0.5) is 0 Å². The quantitative estimate of drug-likeness (QED) is 0.701. The van der Waals surface area contributed by atoms with Crippen LogP contribution in [0.15, 0.2) is 0 Å². The topological polar surface area (TPSA) is 49.5 Å². The van der Waals surface area contributed by atoms with Crippen molar-refractivity contribution in [3.05, 3.63) is 0 Å². The summed E-state index contributed by atoms with van der Waals surface area (Å²) >= 11 is 0. The van der Waals surface area contributed by atoms with Crippen molar-refractivity contribution < 1.29 is 5.11 Å². The lowest BCUT2D eigenvalue weighted by molar-refractivity contribution is 0.123. The van der Waals surface area contributed by atoms with E-state index in [4.69, 9.17) is 10.8 Å². The maximum Gasteiger partial charge on any atom is 0.0460 e. The summed E-state index contributed by atoms with van der Waals surface area (Å²) in [6.45, 7) is 7.91. The number of hydrogen-bond donors (Lipinski definition) is 2. The van der Waals surface area contributed by atoms with E-state index in [1.54, 1.807) is 0 Å². The van der Waals surface area contributed by atoms with Crippen LogP contribution in [-0.2, 0) is 0 Å². The fourth-order valence-corrected chi connectivity index (χ4v) is 1.86. The molecular formula is C11H24N2O. The first kappa shape index (κ1) is 12.0. The lowest BCUT2D eigenvalue weighted by Crippen LogP contribution is -2.44. The van der Waals surface area contributed by atoms with E-state index in [-0.39, 0.29) is 0 Å². The van der Waals surface area contributed by atoms with Crippen LogP contribution in [0.1, 0.15) is 26.7 Å². The van der Waals surface area contributed by atoms with Gasteiger partial charge in [-0.05, 0) is 37.8 Å². The van der Waals surface area contributed by atoms with Crippen molar-refractivity contribution in [1.82, 2.24) is 4.90 Å². The summed E-state index contributed by atoms with van der Waals surface area (Å²) in [5.41, 5.74) is 6.02. The second-order valence-corrected chi connectivity index (χ2v) is 4.83. The average molecular weight is 200 g/mol. The maximum absolute atomic E-state index is 9.00. The SMILES string of the molecule is CC(C)[C@H](N)CN1CCC(CO)CC1. The van der Waals surface area contributed by atoms with E-state index in [0.717, 1.165) is 32.5 Å². The molecule has 14 heavy (non-hydrogen) atoms. The smallest absolute Gasteiger partial charge is 0.0460 e. The standard InChI is InChI=1S/C11H24N2O/c1-9(2)11(12)7-13-5-3-10(8-14)4-6-13/h9-11,14H,3-8,12H2,1-2H3/t11-/m1/s1. The van der Waals surface area contributed by atoms with Crippen molar-refractivity contribution >= 4 is 0 Å². The van der Waals surface area contributed by atoms with Gasteiger partial charge in [0.2, 0.25) is 0 Å². The molecule has 0 unspecified atom stereocenters. The summed E-state index contributed by atoms with van der Waals surface area (Å²) in [4.78, 5) is 2.43. The van der Waals surface area contributed by atoms with Crippen molar-refractivity contribution in [2.24, 2.45) is 17.6 Å². The van der Waals surface area contributed by atoms with Gasteiger partial charge in [-0.2, -0.15) is 0 Å². The van der Waals surface area contributed by atoms with Crippen molar-refractivity contribution in [3.63, 3.8) is 0 Å². The number of rotatable bonds is 4. The minimum Gasteiger partial charge on any atom is -0.396 e. The van der Waals surface area contributed by atoms with Crippen molar-refractivity contribution in [1.29, 1.82) is 0 Å². The van der Waals surface area contributed by atoms with Crippen LogP contribution in [0, 0.1) is 11.8 Å². The monoisotopic (exact) mass is 200 g/mol. The van der Waals surface area contributed by atoms with Gasteiger partial charge in [0.15, 0.2) is 0 Å². The minimum absolute atomic E-state index is 0.292. The molecule has 1 saturated heterocycles. The van der Waals surface area contributed by atoms with E-state index in [1.165, 1.54) is 0 Å². The van der Waals surface area contributed by atoms with Crippen LogP contribution in [0.25, 0.3) is 0 Å². The summed E-state index contributed by atoms with van der Waals surface area (Å²) < 4.78 is 0. The van der Waals surface area contributed by atoms with Gasteiger partial charge in [0.25, 0.3) is 0 Å². The first-order valence-corrected chi connectivity index (χ1v) is 5.72. The molecule has 0 aromatic rings. The number of aliphatic hydroxyl groups is 1. The summed E-state index contributed by atoms with van der Waals surface area (Å²) in [5, 5.41) is 9.00. The predicted octanol–water partition coefficient (Wildman–Crippen LogP) is 0.674. The van der Waals surface area contributed by atoms with Crippen LogP contribution >= 0.6 is 0 Å². The first-order valence-electron chi connectivity index (χ1n) is 5.72. The molecule has 0 radical (unpaired) electrons. The highest BCUT2D eigenvalue weighted by Gasteiger charge is 2.20. The molecule has 1 aliphatic rings. The fourth-order valence-electron chi connectivity index (χ4n) is 1.86. The Morgan fingerprint density at radius 2 is 1.93 bits per heavy atom. The number of likely N-dealkylation sites (tertiary alicyclic amines) is 1. The second-order valence-electron chi connectivity index (χ2n) is 4.83. The largest absolute Gasteiger partial charge is 0.396 e. The molecule has 3 N–H and O–H groups in total. The Morgan fingerprint density at radius 1 is 1.36 bits per heavy atom. The Hall–Kier alpha value is -0.120. The molecule has 1 atom stereocenters. The summed E-state index contributed by atoms with van der Waals surface area (Å²) in [6.07, 6.45) is 2.25. The molecule has 0 amide bonds. The molecule has 0 aromatic carbocycles. The second kappa shape index (κ2) is 5.69. The van der Waals surface area contributed by atoms with E-state index in [2.05, 4.69) is 18.7 Å². The number of nitrogens with two attached hydrogens (primary N) is 1. The van der Waals surface area contributed by atoms with Gasteiger partial charge >= 0.3 is 0 Å². The maximum atomic E-state index is 9.00. The molecule has 1 fully saturated rings. The van der Waals surface area contributed by atoms with E-state index >= 15 is 0 Å². The molecule has 1 heterocycles. The highest BCUT2D eigenvalue weighted by atomic mass is 16.3. The van der Waals surface area contributed by atoms with Crippen LogP contribution in [0.2, 0.25) is 0 Å². The first-order chi connectivity index (χ1) is 6.63. The zero-order valence-electron chi connectivity index (χ0n) is 9.45. The third-order valence-corrected chi connectivity index (χ3v) is 3.29. The average Bonchev–Trinajstić information content (AvgIpc) is 2.19. The number of hydrogen-bond acceptors (Lipinski definition) is 3. The number of aliphatic hydroxyl groups excluding tert-OH is 1. The van der Waals surface area contributed by atoms with Gasteiger partial charge in [-0.15, -0.1) is 0 Å². The predicted molar refractivity (Wildman–Crippen MR) is 59.1 cm³/mol. The van der Waals surface area contributed by atoms with E-state index in [9.17, 15) is 0 Å². The Bertz CT molecular complexity index is 153. The zero-order chi connectivity index (χ0) is 10.6. The highest BCUT2D eigenvalue weighted by molar-refractivity contribution is 4.76. The molecule has 0 aromatic heterocycles. The highest BCUT2D eigenvalue weighted by Crippen LogP contribution is 2.16. The van der Waals surface area contributed by atoms with Gasteiger partial charge < -0.3 is 15.7 Å². The summed E-state index contributed by atoms with van der Waals surface area (Å²) in [6, 6.07) is 0.292. The Balaban J connectivity index is 2.22. The number of piperidine rings is 1. The minimum atomic E-state index is 0.292. The molecule has 84 valence electrons. The molecule has 0 spiro atoms.